The van der Waals surface area contributed by atoms with Gasteiger partial charge in [-0.2, -0.15) is 0 Å². The van der Waals surface area contributed by atoms with Gasteiger partial charge in [-0.1, -0.05) is 12.1 Å². The van der Waals surface area contributed by atoms with Gasteiger partial charge in [-0.3, -0.25) is 9.80 Å². The maximum Gasteiger partial charge on any atom is 0.335 e. The number of aromatic amines is 1. The van der Waals surface area contributed by atoms with E-state index in [1.807, 2.05) is 18.3 Å². The first-order valence-corrected chi connectivity index (χ1v) is 11.3. The summed E-state index contributed by atoms with van der Waals surface area (Å²) in [4.78, 5) is 23.8. The van der Waals surface area contributed by atoms with E-state index in [0.29, 0.717) is 12.4 Å². The summed E-state index contributed by atoms with van der Waals surface area (Å²) in [5.74, 6) is 0.659. The molecule has 0 saturated carbocycles. The molecule has 0 amide bonds. The van der Waals surface area contributed by atoms with Crippen molar-refractivity contribution in [3.8, 4) is 5.75 Å². The monoisotopic (exact) mass is 460 g/mol. The fourth-order valence-electron chi connectivity index (χ4n) is 4.88. The number of hydrogen-bond acceptors (Lipinski definition) is 6. The van der Waals surface area contributed by atoms with Gasteiger partial charge < -0.3 is 19.2 Å². The lowest BCUT2D eigenvalue weighted by Crippen LogP contribution is -2.47. The van der Waals surface area contributed by atoms with E-state index in [0.717, 1.165) is 54.1 Å². The lowest BCUT2D eigenvalue weighted by atomic mass is 9.98. The quantitative estimate of drug-likeness (QED) is 0.426. The number of methoxy groups -OCH3 is 1. The first-order chi connectivity index (χ1) is 16.5. The minimum absolute atomic E-state index is 0.0755. The van der Waals surface area contributed by atoms with Crippen molar-refractivity contribution >= 4 is 16.9 Å². The van der Waals surface area contributed by atoms with Crippen molar-refractivity contribution in [2.45, 2.75) is 26.1 Å². The fraction of sp³-hybridized carbons (Fsp3) is 0.308. The Hall–Kier alpha value is -3.62. The molecule has 8 heteroatoms. The number of aryl methyl sites for hydroxylation is 1. The molecule has 1 atom stereocenters. The highest BCUT2D eigenvalue weighted by Gasteiger charge is 2.30. The number of H-pyrrole nitrogens is 1. The summed E-state index contributed by atoms with van der Waals surface area (Å²) in [6, 6.07) is 11.5. The number of carbonyl (C=O) groups is 1. The molecule has 0 aliphatic carbocycles. The Kier molecular flexibility index (Phi) is 6.08. The molecule has 0 bridgehead atoms. The number of ether oxygens (including phenoxy) is 1. The number of fused-ring (bicyclic) bond motifs is 1. The van der Waals surface area contributed by atoms with Crippen molar-refractivity contribution in [3.63, 3.8) is 0 Å². The van der Waals surface area contributed by atoms with Crippen LogP contribution in [0, 0.1) is 6.92 Å². The smallest absolute Gasteiger partial charge is 0.335 e. The highest BCUT2D eigenvalue weighted by Crippen LogP contribution is 2.35. The van der Waals surface area contributed by atoms with Crippen LogP contribution in [0.5, 0.6) is 5.75 Å². The van der Waals surface area contributed by atoms with Crippen molar-refractivity contribution in [1.82, 2.24) is 19.8 Å². The number of nitrogens with zero attached hydrogens (tertiary/aromatic N) is 3. The van der Waals surface area contributed by atoms with Crippen LogP contribution in [0.4, 0.5) is 0 Å². The minimum atomic E-state index is -0.920. The molecular weight excluding hydrogens is 432 g/mol. The van der Waals surface area contributed by atoms with Crippen LogP contribution in [0.15, 0.2) is 59.5 Å². The largest absolute Gasteiger partial charge is 0.496 e. The van der Waals surface area contributed by atoms with Crippen molar-refractivity contribution in [2.75, 3.05) is 26.7 Å². The van der Waals surface area contributed by atoms with E-state index in [9.17, 15) is 9.90 Å². The number of carboxylic acids is 1. The Morgan fingerprint density at radius 2 is 2.06 bits per heavy atom. The van der Waals surface area contributed by atoms with Crippen molar-refractivity contribution in [3.05, 3.63) is 83.2 Å². The highest BCUT2D eigenvalue weighted by atomic mass is 16.5. The van der Waals surface area contributed by atoms with E-state index in [-0.39, 0.29) is 11.6 Å². The molecule has 1 fully saturated rings. The van der Waals surface area contributed by atoms with E-state index < -0.39 is 5.97 Å². The molecule has 1 aliphatic rings. The molecule has 2 aromatic heterocycles. The number of rotatable bonds is 7. The number of piperazine rings is 1. The van der Waals surface area contributed by atoms with Gasteiger partial charge in [0.2, 0.25) is 5.89 Å². The number of aromatic carboxylic acids is 1. The van der Waals surface area contributed by atoms with Gasteiger partial charge in [-0.15, -0.1) is 0 Å². The number of oxazole rings is 1. The Morgan fingerprint density at radius 1 is 1.24 bits per heavy atom. The summed E-state index contributed by atoms with van der Waals surface area (Å²) in [6.45, 7) is 5.93. The third kappa shape index (κ3) is 4.30. The second-order valence-corrected chi connectivity index (χ2v) is 8.72. The summed E-state index contributed by atoms with van der Waals surface area (Å²) in [5.41, 5.74) is 4.80. The van der Waals surface area contributed by atoms with Gasteiger partial charge in [-0.05, 0) is 42.3 Å². The van der Waals surface area contributed by atoms with E-state index in [2.05, 4.69) is 38.8 Å². The lowest BCUT2D eigenvalue weighted by molar-refractivity contribution is 0.0585. The molecule has 1 unspecified atom stereocenters. The number of aromatic nitrogens is 2. The molecule has 2 aromatic carbocycles. The second-order valence-electron chi connectivity index (χ2n) is 8.72. The first-order valence-electron chi connectivity index (χ1n) is 11.3. The van der Waals surface area contributed by atoms with Crippen LogP contribution in [0.2, 0.25) is 0 Å². The Labute approximate surface area is 197 Å². The van der Waals surface area contributed by atoms with Crippen LogP contribution in [0.3, 0.4) is 0 Å². The highest BCUT2D eigenvalue weighted by molar-refractivity contribution is 5.88. The normalized spacial score (nSPS) is 17.3. The predicted octanol–water partition coefficient (Wildman–Crippen LogP) is 4.23. The van der Waals surface area contributed by atoms with E-state index in [1.165, 1.54) is 5.39 Å². The molecule has 34 heavy (non-hydrogen) atoms. The molecular formula is C26H28N4O4. The number of benzene rings is 2. The molecule has 0 spiro atoms. The van der Waals surface area contributed by atoms with E-state index in [4.69, 9.17) is 9.15 Å². The molecule has 5 rings (SSSR count). The number of nitrogens with one attached hydrogen (secondary N) is 1. The minimum Gasteiger partial charge on any atom is -0.496 e. The summed E-state index contributed by atoms with van der Waals surface area (Å²) in [7, 11) is 1.72. The Bertz CT molecular complexity index is 1280. The molecule has 4 aromatic rings. The molecule has 1 aliphatic heterocycles. The van der Waals surface area contributed by atoms with Crippen molar-refractivity contribution < 1.29 is 19.1 Å². The molecule has 1 saturated heterocycles. The zero-order chi connectivity index (χ0) is 23.7. The van der Waals surface area contributed by atoms with Crippen LogP contribution in [-0.4, -0.2) is 57.6 Å². The fourth-order valence-corrected chi connectivity index (χ4v) is 4.88. The summed E-state index contributed by atoms with van der Waals surface area (Å²) >= 11 is 0. The third-order valence-corrected chi connectivity index (χ3v) is 6.65. The van der Waals surface area contributed by atoms with Gasteiger partial charge in [0, 0.05) is 54.9 Å². The van der Waals surface area contributed by atoms with Crippen LogP contribution in [0.25, 0.3) is 10.9 Å². The van der Waals surface area contributed by atoms with Crippen molar-refractivity contribution in [1.29, 1.82) is 0 Å². The number of hydrogen-bond donors (Lipinski definition) is 2. The maximum atomic E-state index is 11.4. The summed E-state index contributed by atoms with van der Waals surface area (Å²) < 4.78 is 11.3. The van der Waals surface area contributed by atoms with Crippen LogP contribution >= 0.6 is 0 Å². The van der Waals surface area contributed by atoms with E-state index >= 15 is 0 Å². The van der Waals surface area contributed by atoms with Gasteiger partial charge in [0.1, 0.15) is 12.0 Å². The Morgan fingerprint density at radius 3 is 2.76 bits per heavy atom. The summed E-state index contributed by atoms with van der Waals surface area (Å²) in [5, 5.41) is 10.5. The zero-order valence-corrected chi connectivity index (χ0v) is 19.3. The van der Waals surface area contributed by atoms with Crippen LogP contribution < -0.4 is 4.74 Å². The number of carboxylic acid groups (broad SMARTS) is 1. The van der Waals surface area contributed by atoms with Crippen molar-refractivity contribution in [2.24, 2.45) is 0 Å². The van der Waals surface area contributed by atoms with Gasteiger partial charge in [0.25, 0.3) is 0 Å². The average molecular weight is 461 g/mol. The van der Waals surface area contributed by atoms with Gasteiger partial charge >= 0.3 is 5.97 Å². The van der Waals surface area contributed by atoms with Gasteiger partial charge in [0.15, 0.2) is 0 Å². The maximum absolute atomic E-state index is 11.4. The Balaban J connectivity index is 1.47. The SMILES string of the molecule is COc1cc(C)c2[nH]ccc2c1CN1CCN(Cc2ncco2)CC1c1ccc(C(=O)O)cc1. The topological polar surface area (TPSA) is 94.8 Å². The second kappa shape index (κ2) is 9.32. The molecule has 2 N–H and O–H groups in total. The first kappa shape index (κ1) is 22.2. The van der Waals surface area contributed by atoms with Gasteiger partial charge in [-0.25, -0.2) is 9.78 Å². The van der Waals surface area contributed by atoms with Crippen LogP contribution in [0.1, 0.15) is 39.0 Å². The zero-order valence-electron chi connectivity index (χ0n) is 19.3. The lowest BCUT2D eigenvalue weighted by Gasteiger charge is -2.41. The standard InChI is InChI=1S/C26H28N4O4/c1-17-13-23(33-2)21(20-7-8-28-25(17)20)14-30-11-10-29(16-24-27-9-12-34-24)15-22(30)18-3-5-19(6-4-18)26(31)32/h3-9,12-13,22,28H,10-11,14-16H2,1-2H3,(H,31,32). The molecule has 8 nitrogen and oxygen atoms in total. The molecule has 176 valence electrons. The average Bonchev–Trinajstić information content (AvgIpc) is 3.54. The molecule has 0 radical (unpaired) electrons. The molecule has 3 heterocycles. The van der Waals surface area contributed by atoms with Crippen LogP contribution in [-0.2, 0) is 13.1 Å². The summed E-state index contributed by atoms with van der Waals surface area (Å²) in [6.07, 6.45) is 5.23. The van der Waals surface area contributed by atoms with Gasteiger partial charge in [0.05, 0.1) is 25.4 Å². The third-order valence-electron chi connectivity index (χ3n) is 6.65. The van der Waals surface area contributed by atoms with E-state index in [1.54, 1.807) is 31.7 Å². The predicted molar refractivity (Wildman–Crippen MR) is 128 cm³/mol.